The van der Waals surface area contributed by atoms with Crippen LogP contribution in [0.5, 0.6) is 0 Å². The number of piperidine rings is 1. The van der Waals surface area contributed by atoms with Crippen molar-refractivity contribution in [2.75, 3.05) is 27.2 Å². The second-order valence-corrected chi connectivity index (χ2v) is 4.62. The summed E-state index contributed by atoms with van der Waals surface area (Å²) in [6, 6.07) is -0.243. The molecule has 0 saturated carbocycles. The normalized spacial score (nSPS) is 21.5. The molecule has 1 aliphatic heterocycles. The minimum absolute atomic E-state index is 0.0742. The Morgan fingerprint density at radius 3 is 2.82 bits per heavy atom. The Labute approximate surface area is 102 Å². The van der Waals surface area contributed by atoms with Crippen molar-refractivity contribution in [1.82, 2.24) is 9.96 Å². The predicted octanol–water partition coefficient (Wildman–Crippen LogP) is 0.187. The lowest BCUT2D eigenvalue weighted by Crippen LogP contribution is -2.48. The van der Waals surface area contributed by atoms with E-state index in [0.717, 1.165) is 19.3 Å². The molecule has 3 N–H and O–H groups in total. The molecule has 6 heteroatoms. The summed E-state index contributed by atoms with van der Waals surface area (Å²) in [4.78, 5) is 18.8. The van der Waals surface area contributed by atoms with Crippen LogP contribution in [0.15, 0.2) is 0 Å². The Balaban J connectivity index is 2.42. The molecule has 0 radical (unpaired) electrons. The SMILES string of the molecule is CN(C)CCC(=O)ON1CCCCC1C(=N)N. The Morgan fingerprint density at radius 2 is 2.24 bits per heavy atom. The van der Waals surface area contributed by atoms with Gasteiger partial charge in [0.25, 0.3) is 0 Å². The van der Waals surface area contributed by atoms with Crippen LogP contribution >= 0.6 is 0 Å². The van der Waals surface area contributed by atoms with Crippen molar-refractivity contribution in [2.24, 2.45) is 5.73 Å². The number of hydroxylamine groups is 2. The van der Waals surface area contributed by atoms with Crippen molar-refractivity contribution >= 4 is 11.8 Å². The monoisotopic (exact) mass is 242 g/mol. The van der Waals surface area contributed by atoms with Gasteiger partial charge in [-0.2, -0.15) is 0 Å². The zero-order chi connectivity index (χ0) is 12.8. The van der Waals surface area contributed by atoms with Crippen molar-refractivity contribution in [1.29, 1.82) is 5.41 Å². The summed E-state index contributed by atoms with van der Waals surface area (Å²) in [5.74, 6) is -0.183. The van der Waals surface area contributed by atoms with Crippen LogP contribution in [0, 0.1) is 5.41 Å². The van der Waals surface area contributed by atoms with Crippen molar-refractivity contribution in [3.05, 3.63) is 0 Å². The second kappa shape index (κ2) is 6.56. The topological polar surface area (TPSA) is 82.7 Å². The van der Waals surface area contributed by atoms with Crippen LogP contribution in [0.3, 0.4) is 0 Å². The van der Waals surface area contributed by atoms with Crippen LogP contribution in [0.1, 0.15) is 25.7 Å². The number of hydrogen-bond acceptors (Lipinski definition) is 5. The Hall–Kier alpha value is -1.14. The van der Waals surface area contributed by atoms with E-state index < -0.39 is 0 Å². The van der Waals surface area contributed by atoms with E-state index in [4.69, 9.17) is 16.0 Å². The van der Waals surface area contributed by atoms with E-state index in [1.54, 1.807) is 5.06 Å². The molecule has 1 fully saturated rings. The number of amidine groups is 1. The van der Waals surface area contributed by atoms with Crippen LogP contribution in [0.2, 0.25) is 0 Å². The molecule has 0 aliphatic carbocycles. The van der Waals surface area contributed by atoms with Crippen molar-refractivity contribution < 1.29 is 9.63 Å². The lowest BCUT2D eigenvalue weighted by molar-refractivity contribution is -0.201. The lowest BCUT2D eigenvalue weighted by atomic mass is 10.0. The van der Waals surface area contributed by atoms with Gasteiger partial charge in [0.2, 0.25) is 0 Å². The highest BCUT2D eigenvalue weighted by atomic mass is 16.7. The van der Waals surface area contributed by atoms with Gasteiger partial charge < -0.3 is 15.5 Å². The smallest absolute Gasteiger partial charge is 0.326 e. The van der Waals surface area contributed by atoms with Gasteiger partial charge >= 0.3 is 5.97 Å². The standard InChI is InChI=1S/C11H22N4O2/c1-14(2)8-6-10(16)17-15-7-4-3-5-9(15)11(12)13/h9H,3-8H2,1-2H3,(H3,12,13). The molecule has 98 valence electrons. The molecular weight excluding hydrogens is 220 g/mol. The van der Waals surface area contributed by atoms with Gasteiger partial charge in [-0.15, -0.1) is 5.06 Å². The zero-order valence-corrected chi connectivity index (χ0v) is 10.6. The zero-order valence-electron chi connectivity index (χ0n) is 10.6. The van der Waals surface area contributed by atoms with Crippen molar-refractivity contribution in [3.63, 3.8) is 0 Å². The maximum atomic E-state index is 11.6. The number of rotatable bonds is 5. The molecule has 1 atom stereocenters. The molecule has 0 spiro atoms. The Bertz CT molecular complexity index is 281. The Morgan fingerprint density at radius 1 is 1.53 bits per heavy atom. The fourth-order valence-corrected chi connectivity index (χ4v) is 1.82. The number of carbonyl (C=O) groups is 1. The van der Waals surface area contributed by atoms with Gasteiger partial charge in [0.1, 0.15) is 11.9 Å². The highest BCUT2D eigenvalue weighted by Crippen LogP contribution is 2.17. The summed E-state index contributed by atoms with van der Waals surface area (Å²) < 4.78 is 0. The molecular formula is C11H22N4O2. The number of nitrogens with zero attached hydrogens (tertiary/aromatic N) is 2. The largest absolute Gasteiger partial charge is 0.386 e. The average molecular weight is 242 g/mol. The number of nitrogens with one attached hydrogen (secondary N) is 1. The molecule has 0 amide bonds. The van der Waals surface area contributed by atoms with E-state index in [0.29, 0.717) is 19.5 Å². The quantitative estimate of drug-likeness (QED) is 0.531. The van der Waals surface area contributed by atoms with Crippen LogP contribution in [0.25, 0.3) is 0 Å². The minimum atomic E-state index is -0.258. The number of hydrogen-bond donors (Lipinski definition) is 2. The summed E-state index contributed by atoms with van der Waals surface area (Å²) in [6.07, 6.45) is 3.14. The summed E-state index contributed by atoms with van der Waals surface area (Å²) in [6.45, 7) is 1.33. The highest BCUT2D eigenvalue weighted by molar-refractivity contribution is 5.82. The predicted molar refractivity (Wildman–Crippen MR) is 65.5 cm³/mol. The van der Waals surface area contributed by atoms with Crippen LogP contribution in [-0.2, 0) is 9.63 Å². The first-order valence-electron chi connectivity index (χ1n) is 5.97. The van der Waals surface area contributed by atoms with Crippen LogP contribution in [0.4, 0.5) is 0 Å². The second-order valence-electron chi connectivity index (χ2n) is 4.62. The van der Waals surface area contributed by atoms with E-state index >= 15 is 0 Å². The summed E-state index contributed by atoms with van der Waals surface area (Å²) in [7, 11) is 3.82. The molecule has 1 heterocycles. The van der Waals surface area contributed by atoms with E-state index in [2.05, 4.69) is 0 Å². The first-order chi connectivity index (χ1) is 8.00. The summed E-state index contributed by atoms with van der Waals surface area (Å²) >= 11 is 0. The molecule has 0 bridgehead atoms. The first kappa shape index (κ1) is 13.9. The molecule has 0 aromatic heterocycles. The third kappa shape index (κ3) is 4.70. The van der Waals surface area contributed by atoms with E-state index in [9.17, 15) is 4.79 Å². The molecule has 0 aromatic carbocycles. The molecule has 1 aliphatic rings. The number of nitrogens with two attached hydrogens (primary N) is 1. The van der Waals surface area contributed by atoms with Gasteiger partial charge in [0.15, 0.2) is 0 Å². The van der Waals surface area contributed by atoms with Gasteiger partial charge in [-0.3, -0.25) is 10.2 Å². The van der Waals surface area contributed by atoms with E-state index in [1.165, 1.54) is 0 Å². The van der Waals surface area contributed by atoms with E-state index in [-0.39, 0.29) is 17.8 Å². The van der Waals surface area contributed by atoms with Gasteiger partial charge in [0.05, 0.1) is 6.42 Å². The Kier molecular flexibility index (Phi) is 5.37. The molecule has 1 unspecified atom stereocenters. The van der Waals surface area contributed by atoms with Crippen molar-refractivity contribution in [2.45, 2.75) is 31.7 Å². The van der Waals surface area contributed by atoms with E-state index in [1.807, 2.05) is 19.0 Å². The van der Waals surface area contributed by atoms with Gasteiger partial charge in [-0.05, 0) is 33.4 Å². The van der Waals surface area contributed by atoms with Gasteiger partial charge in [0, 0.05) is 13.1 Å². The molecule has 6 nitrogen and oxygen atoms in total. The highest BCUT2D eigenvalue weighted by Gasteiger charge is 2.27. The average Bonchev–Trinajstić information content (AvgIpc) is 2.27. The number of carbonyl (C=O) groups excluding carboxylic acids is 1. The minimum Gasteiger partial charge on any atom is -0.386 e. The molecule has 1 rings (SSSR count). The first-order valence-corrected chi connectivity index (χ1v) is 5.97. The maximum absolute atomic E-state index is 11.6. The third-order valence-electron chi connectivity index (χ3n) is 2.79. The van der Waals surface area contributed by atoms with Crippen LogP contribution in [-0.4, -0.2) is 55.0 Å². The summed E-state index contributed by atoms with van der Waals surface area (Å²) in [5, 5.41) is 9.03. The fraction of sp³-hybridized carbons (Fsp3) is 0.818. The molecule has 17 heavy (non-hydrogen) atoms. The lowest BCUT2D eigenvalue weighted by Gasteiger charge is -2.32. The fourth-order valence-electron chi connectivity index (χ4n) is 1.82. The summed E-state index contributed by atoms with van der Waals surface area (Å²) in [5.41, 5.74) is 5.50. The third-order valence-corrected chi connectivity index (χ3v) is 2.79. The van der Waals surface area contributed by atoms with Crippen molar-refractivity contribution in [3.8, 4) is 0 Å². The maximum Gasteiger partial charge on any atom is 0.326 e. The van der Waals surface area contributed by atoms with Crippen LogP contribution < -0.4 is 5.73 Å². The van der Waals surface area contributed by atoms with Gasteiger partial charge in [-0.1, -0.05) is 0 Å². The molecule has 1 saturated heterocycles. The molecule has 0 aromatic rings. The van der Waals surface area contributed by atoms with Gasteiger partial charge in [-0.25, -0.2) is 0 Å².